The Labute approximate surface area is 122 Å². The van der Waals surface area contributed by atoms with Gasteiger partial charge in [-0.05, 0) is 12.1 Å². The molecule has 21 heavy (non-hydrogen) atoms. The number of Topliss-reactive ketones (excluding diaryl/α,β-unsaturated/α-hetero) is 1. The predicted octanol–water partition coefficient (Wildman–Crippen LogP) is 1.52. The van der Waals surface area contributed by atoms with E-state index in [1.807, 2.05) is 6.07 Å². The Kier molecular flexibility index (Phi) is 4.80. The Morgan fingerprint density at radius 3 is 2.71 bits per heavy atom. The number of hydrogen-bond donors (Lipinski definition) is 1. The molecule has 1 atom stereocenters. The molecule has 114 valence electrons. The summed E-state index contributed by atoms with van der Waals surface area (Å²) in [7, 11) is 1.53. The van der Waals surface area contributed by atoms with Gasteiger partial charge in [0, 0.05) is 12.8 Å². The first-order valence-electron chi connectivity index (χ1n) is 6.70. The van der Waals surface area contributed by atoms with E-state index in [0.29, 0.717) is 11.5 Å². The first kappa shape index (κ1) is 15.3. The third-order valence-electron chi connectivity index (χ3n) is 3.62. The molecule has 1 aliphatic rings. The van der Waals surface area contributed by atoms with E-state index in [4.69, 9.17) is 14.2 Å². The minimum absolute atomic E-state index is 0.0687. The second-order valence-electron chi connectivity index (χ2n) is 4.86. The number of ether oxygens (including phenoxy) is 3. The van der Waals surface area contributed by atoms with E-state index >= 15 is 0 Å². The van der Waals surface area contributed by atoms with Crippen LogP contribution in [-0.2, 0) is 14.3 Å². The molecule has 6 heteroatoms. The van der Waals surface area contributed by atoms with Crippen molar-refractivity contribution < 1.29 is 28.9 Å². The van der Waals surface area contributed by atoms with Crippen LogP contribution in [0.5, 0.6) is 11.5 Å². The number of carbonyl (C=O) groups excluding carboxylic acids is 1. The summed E-state index contributed by atoms with van der Waals surface area (Å²) in [5.74, 6) is -0.376. The van der Waals surface area contributed by atoms with Crippen molar-refractivity contribution in [1.82, 2.24) is 0 Å². The Balaban J connectivity index is 2.03. The highest BCUT2D eigenvalue weighted by Crippen LogP contribution is 2.31. The third kappa shape index (κ3) is 3.16. The van der Waals surface area contributed by atoms with Gasteiger partial charge >= 0.3 is 5.97 Å². The number of carboxylic acid groups (broad SMARTS) is 1. The number of methoxy groups -OCH3 is 1. The maximum absolute atomic E-state index is 12.0. The molecule has 1 saturated heterocycles. The SMILES string of the molecule is COc1ccccc1OCCC1(C(=O)O)COCCC1=O. The smallest absolute Gasteiger partial charge is 0.319 e. The number of hydrogen-bond acceptors (Lipinski definition) is 5. The number of para-hydroxylation sites is 2. The Bertz CT molecular complexity index is 527. The molecule has 0 amide bonds. The van der Waals surface area contributed by atoms with Gasteiger partial charge in [0.15, 0.2) is 22.7 Å². The molecule has 2 rings (SSSR count). The molecule has 1 N–H and O–H groups in total. The van der Waals surface area contributed by atoms with Crippen LogP contribution in [-0.4, -0.2) is 43.8 Å². The van der Waals surface area contributed by atoms with Crippen molar-refractivity contribution in [2.45, 2.75) is 12.8 Å². The topological polar surface area (TPSA) is 82.1 Å². The standard InChI is InChI=1S/C15H18O6/c1-19-11-4-2-3-5-12(11)21-9-7-15(14(17)18)10-20-8-6-13(15)16/h2-5H,6-10H2,1H3,(H,17,18). The van der Waals surface area contributed by atoms with Crippen LogP contribution in [0.2, 0.25) is 0 Å². The largest absolute Gasteiger partial charge is 0.493 e. The monoisotopic (exact) mass is 294 g/mol. The Morgan fingerprint density at radius 1 is 1.38 bits per heavy atom. The zero-order valence-electron chi connectivity index (χ0n) is 11.8. The maximum atomic E-state index is 12.0. The molecule has 1 fully saturated rings. The molecule has 0 aromatic heterocycles. The van der Waals surface area contributed by atoms with E-state index in [9.17, 15) is 14.7 Å². The van der Waals surface area contributed by atoms with Gasteiger partial charge in [0.05, 0.1) is 26.9 Å². The molecular formula is C15H18O6. The second kappa shape index (κ2) is 6.58. The van der Waals surface area contributed by atoms with Gasteiger partial charge in [-0.15, -0.1) is 0 Å². The first-order valence-corrected chi connectivity index (χ1v) is 6.70. The van der Waals surface area contributed by atoms with E-state index in [1.54, 1.807) is 18.2 Å². The van der Waals surface area contributed by atoms with Gasteiger partial charge in [-0.3, -0.25) is 9.59 Å². The zero-order valence-corrected chi connectivity index (χ0v) is 11.8. The van der Waals surface area contributed by atoms with E-state index < -0.39 is 11.4 Å². The normalized spacial score (nSPS) is 21.9. The molecule has 0 saturated carbocycles. The van der Waals surface area contributed by atoms with Crippen LogP contribution in [0.3, 0.4) is 0 Å². The summed E-state index contributed by atoms with van der Waals surface area (Å²) in [5.41, 5.74) is -1.50. The number of aliphatic carboxylic acids is 1. The highest BCUT2D eigenvalue weighted by molar-refractivity contribution is 6.03. The van der Waals surface area contributed by atoms with E-state index in [-0.39, 0.29) is 38.4 Å². The highest BCUT2D eigenvalue weighted by atomic mass is 16.5. The average molecular weight is 294 g/mol. The summed E-state index contributed by atoms with van der Waals surface area (Å²) in [6, 6.07) is 7.07. The van der Waals surface area contributed by atoms with Crippen molar-refractivity contribution in [1.29, 1.82) is 0 Å². The van der Waals surface area contributed by atoms with Crippen molar-refractivity contribution in [3.05, 3.63) is 24.3 Å². The summed E-state index contributed by atoms with van der Waals surface area (Å²) < 4.78 is 15.9. The van der Waals surface area contributed by atoms with Crippen LogP contribution in [0.1, 0.15) is 12.8 Å². The molecule has 1 heterocycles. The molecule has 1 aromatic rings. The Hall–Kier alpha value is -2.08. The number of carbonyl (C=O) groups is 2. The second-order valence-corrected chi connectivity index (χ2v) is 4.86. The minimum atomic E-state index is -1.50. The molecule has 1 aromatic carbocycles. The fraction of sp³-hybridized carbons (Fsp3) is 0.467. The molecule has 1 unspecified atom stereocenters. The molecular weight excluding hydrogens is 276 g/mol. The molecule has 1 aliphatic heterocycles. The van der Waals surface area contributed by atoms with Crippen molar-refractivity contribution >= 4 is 11.8 Å². The molecule has 0 radical (unpaired) electrons. The highest BCUT2D eigenvalue weighted by Gasteiger charge is 2.47. The fourth-order valence-corrected chi connectivity index (χ4v) is 2.30. The van der Waals surface area contributed by atoms with Gasteiger partial charge in [0.1, 0.15) is 0 Å². The van der Waals surface area contributed by atoms with Crippen LogP contribution < -0.4 is 9.47 Å². The lowest BCUT2D eigenvalue weighted by Crippen LogP contribution is -2.48. The van der Waals surface area contributed by atoms with Crippen LogP contribution in [0, 0.1) is 5.41 Å². The minimum Gasteiger partial charge on any atom is -0.493 e. The van der Waals surface area contributed by atoms with Gasteiger partial charge in [0.2, 0.25) is 0 Å². The Morgan fingerprint density at radius 2 is 2.10 bits per heavy atom. The van der Waals surface area contributed by atoms with Crippen LogP contribution >= 0.6 is 0 Å². The van der Waals surface area contributed by atoms with Crippen molar-refractivity contribution in [3.63, 3.8) is 0 Å². The summed E-state index contributed by atoms with van der Waals surface area (Å²) >= 11 is 0. The van der Waals surface area contributed by atoms with Crippen LogP contribution in [0.4, 0.5) is 0 Å². The number of benzene rings is 1. The molecule has 0 bridgehead atoms. The van der Waals surface area contributed by atoms with Gasteiger partial charge < -0.3 is 19.3 Å². The lowest BCUT2D eigenvalue weighted by atomic mass is 9.78. The third-order valence-corrected chi connectivity index (χ3v) is 3.62. The van der Waals surface area contributed by atoms with Gasteiger partial charge in [0.25, 0.3) is 0 Å². The zero-order chi connectivity index (χ0) is 15.3. The van der Waals surface area contributed by atoms with Gasteiger partial charge in [-0.2, -0.15) is 0 Å². The quantitative estimate of drug-likeness (QED) is 0.801. The van der Waals surface area contributed by atoms with Crippen molar-refractivity contribution in [2.75, 3.05) is 26.9 Å². The summed E-state index contributed by atoms with van der Waals surface area (Å²) in [5, 5.41) is 9.38. The maximum Gasteiger partial charge on any atom is 0.319 e. The lowest BCUT2D eigenvalue weighted by Gasteiger charge is -2.31. The number of carboxylic acids is 1. The predicted molar refractivity (Wildman–Crippen MR) is 73.6 cm³/mol. The summed E-state index contributed by atoms with van der Waals surface area (Å²) in [6.45, 7) is 0.277. The van der Waals surface area contributed by atoms with E-state index in [0.717, 1.165) is 0 Å². The fourth-order valence-electron chi connectivity index (χ4n) is 2.30. The molecule has 0 spiro atoms. The van der Waals surface area contributed by atoms with Crippen LogP contribution in [0.15, 0.2) is 24.3 Å². The van der Waals surface area contributed by atoms with E-state index in [1.165, 1.54) is 7.11 Å². The van der Waals surface area contributed by atoms with Crippen molar-refractivity contribution in [3.8, 4) is 11.5 Å². The van der Waals surface area contributed by atoms with Gasteiger partial charge in [-0.1, -0.05) is 12.1 Å². The average Bonchev–Trinajstić information content (AvgIpc) is 2.49. The molecule has 6 nitrogen and oxygen atoms in total. The summed E-state index contributed by atoms with van der Waals surface area (Å²) in [4.78, 5) is 23.5. The molecule has 0 aliphatic carbocycles. The first-order chi connectivity index (χ1) is 10.1. The number of ketones is 1. The number of rotatable bonds is 6. The van der Waals surface area contributed by atoms with E-state index in [2.05, 4.69) is 0 Å². The van der Waals surface area contributed by atoms with Crippen LogP contribution in [0.25, 0.3) is 0 Å². The summed E-state index contributed by atoms with van der Waals surface area (Å²) in [6.07, 6.45) is 0.195. The van der Waals surface area contributed by atoms with Crippen molar-refractivity contribution in [2.24, 2.45) is 5.41 Å². The van der Waals surface area contributed by atoms with Gasteiger partial charge in [-0.25, -0.2) is 0 Å². The lowest BCUT2D eigenvalue weighted by molar-refractivity contribution is -0.165.